The number of hydrogen-bond acceptors (Lipinski definition) is 2. The molecule has 3 aromatic carbocycles. The lowest BCUT2D eigenvalue weighted by Crippen LogP contribution is -2.10. The highest BCUT2D eigenvalue weighted by Crippen LogP contribution is 2.36. The van der Waals surface area contributed by atoms with Crippen LogP contribution in [0, 0.1) is 0 Å². The summed E-state index contributed by atoms with van der Waals surface area (Å²) in [6.07, 6.45) is 2.62. The molecular formula is C23H17NO. The Bertz CT molecular complexity index is 1090. The number of ketones is 1. The molecule has 0 aliphatic heterocycles. The molecule has 0 N–H and O–H groups in total. The van der Waals surface area contributed by atoms with E-state index in [1.165, 1.54) is 11.1 Å². The van der Waals surface area contributed by atoms with E-state index in [0.717, 1.165) is 45.8 Å². The van der Waals surface area contributed by atoms with Gasteiger partial charge < -0.3 is 0 Å². The van der Waals surface area contributed by atoms with E-state index in [0.29, 0.717) is 6.42 Å². The van der Waals surface area contributed by atoms with Crippen LogP contribution in [-0.2, 0) is 6.42 Å². The second kappa shape index (κ2) is 5.52. The second-order valence-corrected chi connectivity index (χ2v) is 6.67. The summed E-state index contributed by atoms with van der Waals surface area (Å²) in [5.74, 6) is 0.269. The van der Waals surface area contributed by atoms with Crippen molar-refractivity contribution in [3.63, 3.8) is 0 Å². The van der Waals surface area contributed by atoms with Crippen molar-refractivity contribution in [1.82, 2.24) is 4.98 Å². The Kier molecular flexibility index (Phi) is 3.17. The molecule has 0 spiro atoms. The van der Waals surface area contributed by atoms with E-state index >= 15 is 0 Å². The second-order valence-electron chi connectivity index (χ2n) is 6.67. The van der Waals surface area contributed by atoms with E-state index in [2.05, 4.69) is 42.5 Å². The highest BCUT2D eigenvalue weighted by Gasteiger charge is 2.19. The van der Waals surface area contributed by atoms with Crippen LogP contribution in [0.1, 0.15) is 28.8 Å². The summed E-state index contributed by atoms with van der Waals surface area (Å²) < 4.78 is 0. The number of Topliss-reactive ketones (excluding diaryl/α,β-unsaturated/α-hetero) is 1. The Morgan fingerprint density at radius 3 is 2.16 bits per heavy atom. The van der Waals surface area contributed by atoms with Crippen molar-refractivity contribution >= 4 is 27.6 Å². The molecule has 4 aromatic rings. The Balaban J connectivity index is 1.88. The number of aryl methyl sites for hydroxylation is 1. The van der Waals surface area contributed by atoms with Crippen molar-refractivity contribution in [3.05, 3.63) is 77.9 Å². The average Bonchev–Trinajstić information content (AvgIpc) is 2.66. The maximum absolute atomic E-state index is 12.4. The summed E-state index contributed by atoms with van der Waals surface area (Å²) >= 11 is 0. The van der Waals surface area contributed by atoms with Gasteiger partial charge >= 0.3 is 0 Å². The monoisotopic (exact) mass is 323 g/mol. The molecule has 1 aromatic heterocycles. The van der Waals surface area contributed by atoms with E-state index in [9.17, 15) is 4.79 Å². The first kappa shape index (κ1) is 14.4. The topological polar surface area (TPSA) is 30.0 Å². The van der Waals surface area contributed by atoms with Crippen LogP contribution in [0.5, 0.6) is 0 Å². The summed E-state index contributed by atoms with van der Waals surface area (Å²) in [5.41, 5.74) is 6.32. The van der Waals surface area contributed by atoms with Gasteiger partial charge in [-0.25, -0.2) is 4.98 Å². The van der Waals surface area contributed by atoms with Gasteiger partial charge in [0, 0.05) is 28.3 Å². The molecule has 5 rings (SSSR count). The van der Waals surface area contributed by atoms with E-state index in [-0.39, 0.29) is 5.78 Å². The van der Waals surface area contributed by atoms with Gasteiger partial charge in [-0.1, -0.05) is 48.5 Å². The molecule has 2 nitrogen and oxygen atoms in total. The normalized spacial score (nSPS) is 14.0. The highest BCUT2D eigenvalue weighted by molar-refractivity contribution is 6.10. The summed E-state index contributed by atoms with van der Waals surface area (Å²) in [6, 6.07) is 22.8. The van der Waals surface area contributed by atoms with Crippen molar-refractivity contribution in [3.8, 4) is 11.1 Å². The summed E-state index contributed by atoms with van der Waals surface area (Å²) in [6.45, 7) is 0. The molecule has 120 valence electrons. The molecule has 0 saturated carbocycles. The number of rotatable bonds is 1. The van der Waals surface area contributed by atoms with Crippen LogP contribution < -0.4 is 0 Å². The molecule has 0 saturated heterocycles. The maximum Gasteiger partial charge on any atom is 0.163 e. The number of para-hydroxylation sites is 2. The van der Waals surface area contributed by atoms with Gasteiger partial charge in [-0.05, 0) is 42.2 Å². The smallest absolute Gasteiger partial charge is 0.163 e. The predicted octanol–water partition coefficient (Wildman–Crippen LogP) is 5.57. The third-order valence-corrected chi connectivity index (χ3v) is 5.14. The van der Waals surface area contributed by atoms with Gasteiger partial charge in [0.1, 0.15) is 0 Å². The quantitative estimate of drug-likeness (QED) is 0.428. The van der Waals surface area contributed by atoms with E-state index < -0.39 is 0 Å². The van der Waals surface area contributed by atoms with Gasteiger partial charge in [0.25, 0.3) is 0 Å². The van der Waals surface area contributed by atoms with Crippen LogP contribution in [0.15, 0.2) is 66.7 Å². The molecular weight excluding hydrogens is 306 g/mol. The summed E-state index contributed by atoms with van der Waals surface area (Å²) in [4.78, 5) is 17.2. The number of fused-ring (bicyclic) bond motifs is 3. The molecule has 0 radical (unpaired) electrons. The van der Waals surface area contributed by atoms with Crippen molar-refractivity contribution in [2.75, 3.05) is 0 Å². The molecule has 0 amide bonds. The third kappa shape index (κ3) is 2.25. The third-order valence-electron chi connectivity index (χ3n) is 5.14. The van der Waals surface area contributed by atoms with Crippen LogP contribution >= 0.6 is 0 Å². The Morgan fingerprint density at radius 1 is 0.760 bits per heavy atom. The Hall–Kier alpha value is -3.00. The fourth-order valence-corrected chi connectivity index (χ4v) is 3.93. The zero-order valence-corrected chi connectivity index (χ0v) is 13.8. The van der Waals surface area contributed by atoms with E-state index in [4.69, 9.17) is 4.98 Å². The van der Waals surface area contributed by atoms with Gasteiger partial charge in [0.2, 0.25) is 0 Å². The number of hydrogen-bond donors (Lipinski definition) is 0. The average molecular weight is 323 g/mol. The van der Waals surface area contributed by atoms with Crippen LogP contribution in [0.4, 0.5) is 0 Å². The van der Waals surface area contributed by atoms with E-state index in [1.54, 1.807) is 0 Å². The molecule has 2 heteroatoms. The first-order valence-electron chi connectivity index (χ1n) is 8.75. The first-order chi connectivity index (χ1) is 12.3. The Morgan fingerprint density at radius 2 is 1.44 bits per heavy atom. The van der Waals surface area contributed by atoms with Crippen molar-refractivity contribution in [1.29, 1.82) is 0 Å². The highest BCUT2D eigenvalue weighted by atomic mass is 16.1. The molecule has 0 fully saturated rings. The number of benzene rings is 3. The Labute approximate surface area is 146 Å². The lowest BCUT2D eigenvalue weighted by atomic mass is 9.87. The van der Waals surface area contributed by atoms with Crippen molar-refractivity contribution in [2.45, 2.75) is 19.3 Å². The van der Waals surface area contributed by atoms with Gasteiger partial charge in [-0.3, -0.25) is 4.79 Å². The minimum absolute atomic E-state index is 0.269. The molecule has 25 heavy (non-hydrogen) atoms. The van der Waals surface area contributed by atoms with Crippen LogP contribution in [0.3, 0.4) is 0 Å². The lowest BCUT2D eigenvalue weighted by molar-refractivity contribution is 0.0972. The fourth-order valence-electron chi connectivity index (χ4n) is 3.93. The van der Waals surface area contributed by atoms with Crippen molar-refractivity contribution in [2.24, 2.45) is 0 Å². The van der Waals surface area contributed by atoms with Gasteiger partial charge in [0.05, 0.1) is 11.0 Å². The van der Waals surface area contributed by atoms with Gasteiger partial charge in [-0.15, -0.1) is 0 Å². The van der Waals surface area contributed by atoms with Crippen LogP contribution in [-0.4, -0.2) is 10.8 Å². The lowest BCUT2D eigenvalue weighted by Gasteiger charge is -2.17. The minimum atomic E-state index is 0.269. The van der Waals surface area contributed by atoms with Crippen molar-refractivity contribution < 1.29 is 4.79 Å². The SMILES string of the molecule is O=C1CCCc2ccc(-c3c4ccccc4nc4ccccc34)cc21. The summed E-state index contributed by atoms with van der Waals surface area (Å²) in [5, 5.41) is 2.26. The number of carbonyl (C=O) groups excluding carboxylic acids is 1. The molecule has 1 aliphatic carbocycles. The van der Waals surface area contributed by atoms with Gasteiger partial charge in [-0.2, -0.15) is 0 Å². The standard InChI is InChI=1S/C23H17NO/c25-22-11-5-6-15-12-13-16(14-19(15)22)23-17-7-1-3-9-20(17)24-21-10-4-2-8-18(21)23/h1-4,7-10,12-14H,5-6,11H2. The first-order valence-corrected chi connectivity index (χ1v) is 8.75. The number of pyridine rings is 1. The number of carbonyl (C=O) groups is 1. The minimum Gasteiger partial charge on any atom is -0.294 e. The molecule has 1 heterocycles. The number of aromatic nitrogens is 1. The molecule has 0 atom stereocenters. The zero-order valence-electron chi connectivity index (χ0n) is 13.8. The largest absolute Gasteiger partial charge is 0.294 e. The van der Waals surface area contributed by atoms with Crippen LogP contribution in [0.2, 0.25) is 0 Å². The molecule has 0 bridgehead atoms. The van der Waals surface area contributed by atoms with Crippen LogP contribution in [0.25, 0.3) is 32.9 Å². The van der Waals surface area contributed by atoms with Gasteiger partial charge in [0.15, 0.2) is 5.78 Å². The molecule has 1 aliphatic rings. The fraction of sp³-hybridized carbons (Fsp3) is 0.130. The zero-order chi connectivity index (χ0) is 16.8. The maximum atomic E-state index is 12.4. The van der Waals surface area contributed by atoms with E-state index in [1.807, 2.05) is 24.3 Å². The number of nitrogens with zero attached hydrogens (tertiary/aromatic N) is 1. The molecule has 0 unspecified atom stereocenters. The summed E-state index contributed by atoms with van der Waals surface area (Å²) in [7, 11) is 0. The predicted molar refractivity (Wildman–Crippen MR) is 102 cm³/mol.